The van der Waals surface area contributed by atoms with Gasteiger partial charge in [0.15, 0.2) is 0 Å². The van der Waals surface area contributed by atoms with E-state index < -0.39 is 0 Å². The lowest BCUT2D eigenvalue weighted by molar-refractivity contribution is -0.143. The van der Waals surface area contributed by atoms with Crippen molar-refractivity contribution >= 4 is 45.7 Å². The van der Waals surface area contributed by atoms with Crippen LogP contribution >= 0.6 is 11.8 Å². The molecule has 0 unspecified atom stereocenters. The Balaban J connectivity index is 1.52. The number of amides is 2. The van der Waals surface area contributed by atoms with Crippen LogP contribution in [0.2, 0.25) is 0 Å². The highest BCUT2D eigenvalue weighted by atomic mass is 32.2. The van der Waals surface area contributed by atoms with E-state index >= 15 is 0 Å². The number of esters is 1. The van der Waals surface area contributed by atoms with Gasteiger partial charge in [-0.3, -0.25) is 19.7 Å². The number of fused-ring (bicyclic) bond motifs is 1. The second-order valence-corrected chi connectivity index (χ2v) is 7.60. The van der Waals surface area contributed by atoms with Crippen LogP contribution in [0.15, 0.2) is 41.3 Å². The summed E-state index contributed by atoms with van der Waals surface area (Å²) in [6.45, 7) is 2.83. The lowest BCUT2D eigenvalue weighted by Gasteiger charge is -2.08. The standard InChI is InChI=1S/C22H23NO5S/c1-2-27-20(24)6-4-3-5-11-28-18-10-9-16-12-15(7-8-17(16)14-18)13-19-21(25)23-22(26)29-19/h7-10,12-14H,2-6,11H2,1H3,(H,23,25,26). The average molecular weight is 413 g/mol. The molecule has 7 heteroatoms. The Morgan fingerprint density at radius 1 is 1.07 bits per heavy atom. The van der Waals surface area contributed by atoms with Gasteiger partial charge in [0.2, 0.25) is 0 Å². The highest BCUT2D eigenvalue weighted by molar-refractivity contribution is 8.18. The number of hydrogen-bond donors (Lipinski definition) is 1. The summed E-state index contributed by atoms with van der Waals surface area (Å²) in [6.07, 6.45) is 4.77. The predicted molar refractivity (Wildman–Crippen MR) is 114 cm³/mol. The SMILES string of the molecule is CCOC(=O)CCCCCOc1ccc2cc(C=C3SC(=O)NC3=O)ccc2c1. The van der Waals surface area contributed by atoms with Crippen LogP contribution in [0.3, 0.4) is 0 Å². The predicted octanol–water partition coefficient (Wildman–Crippen LogP) is 4.67. The molecule has 1 saturated heterocycles. The number of imide groups is 1. The van der Waals surface area contributed by atoms with Crippen molar-refractivity contribution in [3.63, 3.8) is 0 Å². The van der Waals surface area contributed by atoms with Crippen LogP contribution < -0.4 is 10.1 Å². The van der Waals surface area contributed by atoms with Gasteiger partial charge in [-0.25, -0.2) is 0 Å². The smallest absolute Gasteiger partial charge is 0.305 e. The molecule has 29 heavy (non-hydrogen) atoms. The molecule has 152 valence electrons. The molecule has 1 heterocycles. The van der Waals surface area contributed by atoms with Crippen LogP contribution in [-0.2, 0) is 14.3 Å². The first-order valence-electron chi connectivity index (χ1n) is 9.62. The van der Waals surface area contributed by atoms with E-state index in [1.807, 2.05) is 43.3 Å². The Bertz CT molecular complexity index is 953. The molecule has 3 rings (SSSR count). The molecule has 1 aliphatic rings. The maximum absolute atomic E-state index is 11.7. The van der Waals surface area contributed by atoms with E-state index in [4.69, 9.17) is 9.47 Å². The summed E-state index contributed by atoms with van der Waals surface area (Å²) in [5.74, 6) is 0.299. The van der Waals surface area contributed by atoms with Gasteiger partial charge in [0.05, 0.1) is 18.1 Å². The summed E-state index contributed by atoms with van der Waals surface area (Å²) < 4.78 is 10.7. The zero-order valence-electron chi connectivity index (χ0n) is 16.2. The highest BCUT2D eigenvalue weighted by Gasteiger charge is 2.24. The summed E-state index contributed by atoms with van der Waals surface area (Å²) in [6, 6.07) is 11.7. The molecule has 0 aliphatic carbocycles. The summed E-state index contributed by atoms with van der Waals surface area (Å²) in [5, 5.41) is 3.97. The van der Waals surface area contributed by atoms with Crippen molar-refractivity contribution in [2.45, 2.75) is 32.6 Å². The summed E-state index contributed by atoms with van der Waals surface area (Å²) >= 11 is 0.911. The molecule has 0 aromatic heterocycles. The Morgan fingerprint density at radius 2 is 1.86 bits per heavy atom. The minimum absolute atomic E-state index is 0.142. The molecule has 1 fully saturated rings. The largest absolute Gasteiger partial charge is 0.494 e. The number of ether oxygens (including phenoxy) is 2. The fourth-order valence-corrected chi connectivity index (χ4v) is 3.65. The van der Waals surface area contributed by atoms with E-state index in [2.05, 4.69) is 5.32 Å². The Morgan fingerprint density at radius 3 is 2.62 bits per heavy atom. The molecule has 6 nitrogen and oxygen atoms in total. The van der Waals surface area contributed by atoms with Crippen LogP contribution in [0.4, 0.5) is 4.79 Å². The number of carbonyl (C=O) groups excluding carboxylic acids is 3. The third-order valence-electron chi connectivity index (χ3n) is 4.37. The molecule has 1 N–H and O–H groups in total. The number of thioether (sulfide) groups is 1. The van der Waals surface area contributed by atoms with Gasteiger partial charge >= 0.3 is 5.97 Å². The first kappa shape index (κ1) is 20.9. The van der Waals surface area contributed by atoms with Gasteiger partial charge in [0.25, 0.3) is 11.1 Å². The Labute approximate surface area is 173 Å². The van der Waals surface area contributed by atoms with Crippen molar-refractivity contribution in [2.75, 3.05) is 13.2 Å². The van der Waals surface area contributed by atoms with Crippen molar-refractivity contribution in [1.29, 1.82) is 0 Å². The van der Waals surface area contributed by atoms with Gasteiger partial charge in [0.1, 0.15) is 5.75 Å². The Hall–Kier alpha value is -2.80. The lowest BCUT2D eigenvalue weighted by Crippen LogP contribution is -2.17. The number of nitrogens with one attached hydrogen (secondary N) is 1. The number of unbranched alkanes of at least 4 members (excludes halogenated alkanes) is 2. The minimum atomic E-state index is -0.355. The first-order chi connectivity index (χ1) is 14.0. The van der Waals surface area contributed by atoms with Crippen molar-refractivity contribution in [3.05, 3.63) is 46.9 Å². The third-order valence-corrected chi connectivity index (χ3v) is 5.19. The van der Waals surface area contributed by atoms with E-state index in [-0.39, 0.29) is 17.1 Å². The monoisotopic (exact) mass is 413 g/mol. The second kappa shape index (κ2) is 10.1. The van der Waals surface area contributed by atoms with E-state index in [1.165, 1.54) is 0 Å². The van der Waals surface area contributed by atoms with Gasteiger partial charge in [-0.15, -0.1) is 0 Å². The fourth-order valence-electron chi connectivity index (χ4n) is 2.97. The molecule has 1 aliphatic heterocycles. The van der Waals surface area contributed by atoms with Crippen LogP contribution in [0.25, 0.3) is 16.8 Å². The van der Waals surface area contributed by atoms with Gasteiger partial charge in [-0.1, -0.05) is 18.2 Å². The average Bonchev–Trinajstić information content (AvgIpc) is 3.01. The zero-order chi connectivity index (χ0) is 20.6. The molecule has 0 spiro atoms. The number of carbonyl (C=O) groups is 3. The second-order valence-electron chi connectivity index (χ2n) is 6.58. The summed E-state index contributed by atoms with van der Waals surface area (Å²) in [7, 11) is 0. The van der Waals surface area contributed by atoms with E-state index in [9.17, 15) is 14.4 Å². The van der Waals surface area contributed by atoms with Crippen LogP contribution in [0, 0.1) is 0 Å². The Kier molecular flexibility index (Phi) is 7.30. The first-order valence-corrected chi connectivity index (χ1v) is 10.4. The van der Waals surface area contributed by atoms with Crippen molar-refractivity contribution < 1.29 is 23.9 Å². The molecule has 0 atom stereocenters. The van der Waals surface area contributed by atoms with Crippen molar-refractivity contribution in [3.8, 4) is 5.75 Å². The number of benzene rings is 2. The van der Waals surface area contributed by atoms with Crippen molar-refractivity contribution in [2.24, 2.45) is 0 Å². The fraction of sp³-hybridized carbons (Fsp3) is 0.318. The van der Waals surface area contributed by atoms with Gasteiger partial charge in [-0.2, -0.15) is 0 Å². The minimum Gasteiger partial charge on any atom is -0.494 e. The zero-order valence-corrected chi connectivity index (χ0v) is 17.1. The van der Waals surface area contributed by atoms with Crippen LogP contribution in [-0.4, -0.2) is 30.3 Å². The molecule has 2 aromatic rings. The topological polar surface area (TPSA) is 81.7 Å². The highest BCUT2D eigenvalue weighted by Crippen LogP contribution is 2.28. The molecule has 2 aromatic carbocycles. The van der Waals surface area contributed by atoms with Gasteiger partial charge in [-0.05, 0) is 78.6 Å². The number of hydrogen-bond acceptors (Lipinski definition) is 6. The molecule has 2 amide bonds. The van der Waals surface area contributed by atoms with Gasteiger partial charge < -0.3 is 9.47 Å². The third kappa shape index (κ3) is 6.09. The van der Waals surface area contributed by atoms with E-state index in [0.717, 1.165) is 53.1 Å². The van der Waals surface area contributed by atoms with E-state index in [1.54, 1.807) is 6.08 Å². The van der Waals surface area contributed by atoms with Crippen molar-refractivity contribution in [1.82, 2.24) is 5.32 Å². The summed E-state index contributed by atoms with van der Waals surface area (Å²) in [4.78, 5) is 34.6. The molecule has 0 radical (unpaired) electrons. The maximum Gasteiger partial charge on any atom is 0.305 e. The molecule has 0 bridgehead atoms. The maximum atomic E-state index is 11.7. The van der Waals surface area contributed by atoms with Crippen LogP contribution in [0.1, 0.15) is 38.2 Å². The van der Waals surface area contributed by atoms with Crippen LogP contribution in [0.5, 0.6) is 5.75 Å². The van der Waals surface area contributed by atoms with E-state index in [0.29, 0.717) is 24.5 Å². The summed E-state index contributed by atoms with van der Waals surface area (Å²) in [5.41, 5.74) is 0.861. The normalized spacial score (nSPS) is 15.0. The molecular formula is C22H23NO5S. The molecular weight excluding hydrogens is 390 g/mol. The molecule has 0 saturated carbocycles. The quantitative estimate of drug-likeness (QED) is 0.366. The lowest BCUT2D eigenvalue weighted by atomic mass is 10.1. The number of rotatable bonds is 9. The van der Waals surface area contributed by atoms with Gasteiger partial charge in [0, 0.05) is 6.42 Å².